The minimum Gasteiger partial charge on any atom is -0.370 e. The molecule has 2 aromatic rings. The predicted molar refractivity (Wildman–Crippen MR) is 82.3 cm³/mol. The Labute approximate surface area is 119 Å². The SMILES string of the molecule is CCNc1cc(C(=O)N(C)c2cccc(C)c2)ccn1. The van der Waals surface area contributed by atoms with Gasteiger partial charge in [-0.1, -0.05) is 12.1 Å². The van der Waals surface area contributed by atoms with E-state index in [1.807, 2.05) is 38.1 Å². The number of benzene rings is 1. The Morgan fingerprint density at radius 2 is 2.10 bits per heavy atom. The van der Waals surface area contributed by atoms with E-state index in [0.717, 1.165) is 23.6 Å². The van der Waals surface area contributed by atoms with Crippen molar-refractivity contribution < 1.29 is 4.79 Å². The Kier molecular flexibility index (Phi) is 4.35. The molecule has 4 nitrogen and oxygen atoms in total. The van der Waals surface area contributed by atoms with Gasteiger partial charge in [-0.25, -0.2) is 4.98 Å². The molecule has 0 bridgehead atoms. The Morgan fingerprint density at radius 3 is 2.80 bits per heavy atom. The van der Waals surface area contributed by atoms with Gasteiger partial charge in [0.15, 0.2) is 0 Å². The van der Waals surface area contributed by atoms with Gasteiger partial charge in [-0.2, -0.15) is 0 Å². The first-order valence-corrected chi connectivity index (χ1v) is 6.66. The average Bonchev–Trinajstić information content (AvgIpc) is 2.46. The molecule has 0 aliphatic rings. The Balaban J connectivity index is 2.24. The molecule has 0 saturated heterocycles. The maximum Gasteiger partial charge on any atom is 0.258 e. The van der Waals surface area contributed by atoms with E-state index in [9.17, 15) is 4.79 Å². The van der Waals surface area contributed by atoms with E-state index in [2.05, 4.69) is 10.3 Å². The monoisotopic (exact) mass is 269 g/mol. The molecular weight excluding hydrogens is 250 g/mol. The summed E-state index contributed by atoms with van der Waals surface area (Å²) in [4.78, 5) is 18.3. The Hall–Kier alpha value is -2.36. The first-order valence-electron chi connectivity index (χ1n) is 6.66. The average molecular weight is 269 g/mol. The van der Waals surface area contributed by atoms with Gasteiger partial charge in [-0.15, -0.1) is 0 Å². The molecule has 0 spiro atoms. The number of pyridine rings is 1. The molecule has 0 radical (unpaired) electrons. The van der Waals surface area contributed by atoms with Crippen molar-refractivity contribution >= 4 is 17.4 Å². The number of amides is 1. The fourth-order valence-electron chi connectivity index (χ4n) is 1.99. The molecule has 0 fully saturated rings. The van der Waals surface area contributed by atoms with Crippen molar-refractivity contribution in [2.45, 2.75) is 13.8 Å². The lowest BCUT2D eigenvalue weighted by Gasteiger charge is -2.18. The van der Waals surface area contributed by atoms with Crippen molar-refractivity contribution in [2.75, 3.05) is 23.8 Å². The Morgan fingerprint density at radius 1 is 1.30 bits per heavy atom. The summed E-state index contributed by atoms with van der Waals surface area (Å²) in [6.45, 7) is 4.78. The number of aromatic nitrogens is 1. The molecule has 0 unspecified atom stereocenters. The van der Waals surface area contributed by atoms with Crippen LogP contribution in [0.2, 0.25) is 0 Å². The number of carbonyl (C=O) groups is 1. The van der Waals surface area contributed by atoms with Crippen molar-refractivity contribution in [1.29, 1.82) is 0 Å². The molecule has 2 rings (SSSR count). The number of rotatable bonds is 4. The molecule has 0 aliphatic carbocycles. The van der Waals surface area contributed by atoms with Crippen LogP contribution in [-0.4, -0.2) is 24.5 Å². The van der Waals surface area contributed by atoms with Gasteiger partial charge in [0, 0.05) is 31.0 Å². The van der Waals surface area contributed by atoms with E-state index in [0.29, 0.717) is 5.56 Å². The van der Waals surface area contributed by atoms with Crippen LogP contribution < -0.4 is 10.2 Å². The summed E-state index contributed by atoms with van der Waals surface area (Å²) in [5, 5.41) is 3.11. The van der Waals surface area contributed by atoms with Gasteiger partial charge in [-0.3, -0.25) is 4.79 Å². The van der Waals surface area contributed by atoms with E-state index in [-0.39, 0.29) is 5.91 Å². The second kappa shape index (κ2) is 6.19. The summed E-state index contributed by atoms with van der Waals surface area (Å²) >= 11 is 0. The molecule has 0 aliphatic heterocycles. The first-order chi connectivity index (χ1) is 9.61. The highest BCUT2D eigenvalue weighted by Crippen LogP contribution is 2.17. The van der Waals surface area contributed by atoms with Crippen LogP contribution in [0.25, 0.3) is 0 Å². The van der Waals surface area contributed by atoms with Crippen molar-refractivity contribution in [3.05, 3.63) is 53.7 Å². The third kappa shape index (κ3) is 3.15. The lowest BCUT2D eigenvalue weighted by atomic mass is 10.2. The highest BCUT2D eigenvalue weighted by molar-refractivity contribution is 6.06. The number of anilines is 2. The molecule has 4 heteroatoms. The molecule has 1 heterocycles. The lowest BCUT2D eigenvalue weighted by Crippen LogP contribution is -2.26. The van der Waals surface area contributed by atoms with Crippen LogP contribution in [0, 0.1) is 6.92 Å². The molecule has 0 saturated carbocycles. The van der Waals surface area contributed by atoms with E-state index in [4.69, 9.17) is 0 Å². The minimum absolute atomic E-state index is 0.0443. The summed E-state index contributed by atoms with van der Waals surface area (Å²) in [6.07, 6.45) is 1.65. The number of nitrogens with zero attached hydrogens (tertiary/aromatic N) is 2. The molecule has 1 aromatic carbocycles. The summed E-state index contributed by atoms with van der Waals surface area (Å²) in [5.41, 5.74) is 2.64. The third-order valence-electron chi connectivity index (χ3n) is 3.06. The topological polar surface area (TPSA) is 45.2 Å². The van der Waals surface area contributed by atoms with E-state index >= 15 is 0 Å². The molecule has 0 atom stereocenters. The van der Waals surface area contributed by atoms with E-state index in [1.54, 1.807) is 30.3 Å². The molecular formula is C16H19N3O. The van der Waals surface area contributed by atoms with Gasteiger partial charge in [-0.05, 0) is 43.7 Å². The molecule has 1 amide bonds. The fourth-order valence-corrected chi connectivity index (χ4v) is 1.99. The fraction of sp³-hybridized carbons (Fsp3) is 0.250. The number of aryl methyl sites for hydroxylation is 1. The highest BCUT2D eigenvalue weighted by atomic mass is 16.2. The van der Waals surface area contributed by atoms with Gasteiger partial charge >= 0.3 is 0 Å². The normalized spacial score (nSPS) is 10.2. The number of nitrogens with one attached hydrogen (secondary N) is 1. The van der Waals surface area contributed by atoms with Crippen LogP contribution in [0.15, 0.2) is 42.6 Å². The number of hydrogen-bond acceptors (Lipinski definition) is 3. The zero-order valence-corrected chi connectivity index (χ0v) is 12.1. The number of hydrogen-bond donors (Lipinski definition) is 1. The molecule has 1 N–H and O–H groups in total. The largest absolute Gasteiger partial charge is 0.370 e. The molecule has 1 aromatic heterocycles. The molecule has 20 heavy (non-hydrogen) atoms. The van der Waals surface area contributed by atoms with Crippen LogP contribution >= 0.6 is 0 Å². The van der Waals surface area contributed by atoms with Crippen molar-refractivity contribution in [3.8, 4) is 0 Å². The van der Waals surface area contributed by atoms with E-state index < -0.39 is 0 Å². The van der Waals surface area contributed by atoms with Crippen molar-refractivity contribution in [3.63, 3.8) is 0 Å². The Bertz CT molecular complexity index is 610. The highest BCUT2D eigenvalue weighted by Gasteiger charge is 2.14. The summed E-state index contributed by atoms with van der Waals surface area (Å²) in [6, 6.07) is 11.4. The van der Waals surface area contributed by atoms with Crippen LogP contribution in [-0.2, 0) is 0 Å². The number of carbonyl (C=O) groups excluding carboxylic acids is 1. The van der Waals surface area contributed by atoms with Gasteiger partial charge in [0.25, 0.3) is 5.91 Å². The zero-order chi connectivity index (χ0) is 14.5. The summed E-state index contributed by atoms with van der Waals surface area (Å²) < 4.78 is 0. The quantitative estimate of drug-likeness (QED) is 0.927. The standard InChI is InChI=1S/C16H19N3O/c1-4-17-15-11-13(8-9-18-15)16(20)19(3)14-7-5-6-12(2)10-14/h5-11H,4H2,1-3H3,(H,17,18). The third-order valence-corrected chi connectivity index (χ3v) is 3.06. The van der Waals surface area contributed by atoms with Crippen LogP contribution in [0.5, 0.6) is 0 Å². The van der Waals surface area contributed by atoms with Gasteiger partial charge in [0.1, 0.15) is 5.82 Å². The van der Waals surface area contributed by atoms with Crippen LogP contribution in [0.3, 0.4) is 0 Å². The lowest BCUT2D eigenvalue weighted by molar-refractivity contribution is 0.0993. The summed E-state index contributed by atoms with van der Waals surface area (Å²) in [7, 11) is 1.78. The smallest absolute Gasteiger partial charge is 0.258 e. The predicted octanol–water partition coefficient (Wildman–Crippen LogP) is 3.10. The van der Waals surface area contributed by atoms with Crippen LogP contribution in [0.1, 0.15) is 22.8 Å². The van der Waals surface area contributed by atoms with E-state index in [1.165, 1.54) is 0 Å². The summed E-state index contributed by atoms with van der Waals surface area (Å²) in [5.74, 6) is 0.674. The van der Waals surface area contributed by atoms with Crippen molar-refractivity contribution in [1.82, 2.24) is 4.98 Å². The van der Waals surface area contributed by atoms with Gasteiger partial charge < -0.3 is 10.2 Å². The maximum atomic E-state index is 12.5. The van der Waals surface area contributed by atoms with Gasteiger partial charge in [0.2, 0.25) is 0 Å². The molecule has 104 valence electrons. The zero-order valence-electron chi connectivity index (χ0n) is 12.1. The van der Waals surface area contributed by atoms with Crippen molar-refractivity contribution in [2.24, 2.45) is 0 Å². The van der Waals surface area contributed by atoms with Gasteiger partial charge in [0.05, 0.1) is 0 Å². The second-order valence-electron chi connectivity index (χ2n) is 4.66. The second-order valence-corrected chi connectivity index (χ2v) is 4.66. The minimum atomic E-state index is -0.0443. The van der Waals surface area contributed by atoms with Crippen LogP contribution in [0.4, 0.5) is 11.5 Å². The maximum absolute atomic E-state index is 12.5. The first kappa shape index (κ1) is 14.1.